The molecular weight excluding hydrogens is 226 g/mol. The van der Waals surface area contributed by atoms with Crippen LogP contribution in [0, 0.1) is 12.8 Å². The van der Waals surface area contributed by atoms with Gasteiger partial charge in [-0.25, -0.2) is 0 Å². The molecule has 0 saturated carbocycles. The second kappa shape index (κ2) is 4.25. The summed E-state index contributed by atoms with van der Waals surface area (Å²) >= 11 is 4.19. The van der Waals surface area contributed by atoms with Gasteiger partial charge in [-0.1, -0.05) is 0 Å². The summed E-state index contributed by atoms with van der Waals surface area (Å²) in [6.07, 6.45) is 0.494. The predicted octanol–water partition coefficient (Wildman–Crippen LogP) is 0.0449. The maximum Gasteiger partial charge on any atom is 0.237 e. The van der Waals surface area contributed by atoms with Crippen molar-refractivity contribution in [3.05, 3.63) is 5.82 Å². The van der Waals surface area contributed by atoms with E-state index >= 15 is 0 Å². The Hall–Kier alpha value is -1.37. The van der Waals surface area contributed by atoms with Gasteiger partial charge in [0.1, 0.15) is 5.82 Å². The van der Waals surface area contributed by atoms with Crippen LogP contribution in [0.25, 0.3) is 0 Å². The molecule has 0 radical (unpaired) electrons. The molecule has 2 rings (SSSR count). The third kappa shape index (κ3) is 2.08. The number of hydrogen-bond acceptors (Lipinski definition) is 6. The molecule has 0 aliphatic carbocycles. The second-order valence-corrected chi connectivity index (χ2v) is 4.16. The molecule has 1 atom stereocenters. The Morgan fingerprint density at radius 2 is 2.25 bits per heavy atom. The van der Waals surface area contributed by atoms with Gasteiger partial charge in [0.15, 0.2) is 0 Å². The van der Waals surface area contributed by atoms with Crippen molar-refractivity contribution in [2.45, 2.75) is 13.3 Å². The summed E-state index contributed by atoms with van der Waals surface area (Å²) in [4.78, 5) is 25.2. The lowest BCUT2D eigenvalue weighted by molar-refractivity contribution is -0.117. The first-order chi connectivity index (χ1) is 7.60. The molecule has 86 valence electrons. The Kier molecular flexibility index (Phi) is 2.95. The van der Waals surface area contributed by atoms with Crippen LogP contribution in [0.2, 0.25) is 0 Å². The minimum absolute atomic E-state index is 0.0176. The third-order valence-electron chi connectivity index (χ3n) is 2.46. The summed E-state index contributed by atoms with van der Waals surface area (Å²) in [5.74, 6) is 1.97. The van der Waals surface area contributed by atoms with Gasteiger partial charge in [0, 0.05) is 13.0 Å². The van der Waals surface area contributed by atoms with Gasteiger partial charge < -0.3 is 5.73 Å². The van der Waals surface area contributed by atoms with Gasteiger partial charge in [0.2, 0.25) is 17.8 Å². The Morgan fingerprint density at radius 3 is 2.81 bits per heavy atom. The van der Waals surface area contributed by atoms with Crippen LogP contribution >= 0.6 is 12.6 Å². The molecule has 1 saturated heterocycles. The lowest BCUT2D eigenvalue weighted by Crippen LogP contribution is -2.27. The SMILES string of the molecule is Cc1nc(N)nc(N2CC(CS)CC2=O)n1. The zero-order chi connectivity index (χ0) is 11.7. The van der Waals surface area contributed by atoms with Crippen LogP contribution in [-0.2, 0) is 4.79 Å². The van der Waals surface area contributed by atoms with Crippen molar-refractivity contribution >= 4 is 30.4 Å². The van der Waals surface area contributed by atoms with Crippen molar-refractivity contribution in [1.82, 2.24) is 15.0 Å². The highest BCUT2D eigenvalue weighted by atomic mass is 32.1. The Balaban J connectivity index is 2.27. The van der Waals surface area contributed by atoms with Gasteiger partial charge in [-0.3, -0.25) is 9.69 Å². The maximum absolute atomic E-state index is 11.7. The molecule has 1 amide bonds. The number of anilines is 2. The number of aryl methyl sites for hydroxylation is 1. The highest BCUT2D eigenvalue weighted by Gasteiger charge is 2.31. The molecule has 1 aromatic heterocycles. The molecule has 1 aromatic rings. The monoisotopic (exact) mass is 239 g/mol. The number of nitrogens with two attached hydrogens (primary N) is 1. The predicted molar refractivity (Wildman–Crippen MR) is 63.3 cm³/mol. The summed E-state index contributed by atoms with van der Waals surface area (Å²) in [7, 11) is 0. The van der Waals surface area contributed by atoms with E-state index in [1.54, 1.807) is 11.8 Å². The van der Waals surface area contributed by atoms with E-state index in [1.165, 1.54) is 0 Å². The number of rotatable bonds is 2. The van der Waals surface area contributed by atoms with Gasteiger partial charge in [-0.15, -0.1) is 0 Å². The van der Waals surface area contributed by atoms with E-state index in [0.29, 0.717) is 30.5 Å². The Bertz CT molecular complexity index is 404. The molecule has 0 spiro atoms. The first-order valence-corrected chi connectivity index (χ1v) is 5.62. The summed E-state index contributed by atoms with van der Waals surface area (Å²) in [5.41, 5.74) is 5.52. The number of carbonyl (C=O) groups excluding carboxylic acids is 1. The normalized spacial score (nSPS) is 20.5. The molecule has 6 nitrogen and oxygen atoms in total. The Morgan fingerprint density at radius 1 is 1.50 bits per heavy atom. The minimum atomic E-state index is 0.0176. The number of nitrogen functional groups attached to an aromatic ring is 1. The molecule has 7 heteroatoms. The summed E-state index contributed by atoms with van der Waals surface area (Å²) in [5, 5.41) is 0. The van der Waals surface area contributed by atoms with Crippen LogP contribution < -0.4 is 10.6 Å². The third-order valence-corrected chi connectivity index (χ3v) is 2.97. The first-order valence-electron chi connectivity index (χ1n) is 4.99. The fraction of sp³-hybridized carbons (Fsp3) is 0.556. The number of amides is 1. The number of aromatic nitrogens is 3. The van der Waals surface area contributed by atoms with Crippen LogP contribution in [0.5, 0.6) is 0 Å². The largest absolute Gasteiger partial charge is 0.368 e. The lowest BCUT2D eigenvalue weighted by Gasteiger charge is -2.14. The zero-order valence-corrected chi connectivity index (χ0v) is 9.81. The van der Waals surface area contributed by atoms with Gasteiger partial charge in [-0.2, -0.15) is 27.6 Å². The van der Waals surface area contributed by atoms with Gasteiger partial charge in [-0.05, 0) is 18.6 Å². The fourth-order valence-electron chi connectivity index (χ4n) is 1.71. The molecule has 1 fully saturated rings. The Labute approximate surface area is 98.7 Å². The van der Waals surface area contributed by atoms with Crippen molar-refractivity contribution < 1.29 is 4.79 Å². The van der Waals surface area contributed by atoms with Crippen molar-refractivity contribution in [2.24, 2.45) is 5.92 Å². The number of nitrogens with zero attached hydrogens (tertiary/aromatic N) is 4. The average Bonchev–Trinajstić information content (AvgIpc) is 2.58. The first kappa shape index (κ1) is 11.1. The van der Waals surface area contributed by atoms with Gasteiger partial charge in [0.25, 0.3) is 0 Å². The van der Waals surface area contributed by atoms with Crippen LogP contribution in [0.3, 0.4) is 0 Å². The summed E-state index contributed by atoms with van der Waals surface area (Å²) in [6, 6.07) is 0. The van der Waals surface area contributed by atoms with E-state index in [2.05, 4.69) is 27.6 Å². The van der Waals surface area contributed by atoms with Crippen LogP contribution in [0.15, 0.2) is 0 Å². The molecule has 0 bridgehead atoms. The molecular formula is C9H13N5OS. The van der Waals surface area contributed by atoms with E-state index in [0.717, 1.165) is 0 Å². The van der Waals surface area contributed by atoms with Crippen molar-refractivity contribution in [3.63, 3.8) is 0 Å². The highest BCUT2D eigenvalue weighted by molar-refractivity contribution is 7.80. The molecule has 0 aromatic carbocycles. The topological polar surface area (TPSA) is 85.0 Å². The van der Waals surface area contributed by atoms with Crippen molar-refractivity contribution in [1.29, 1.82) is 0 Å². The van der Waals surface area contributed by atoms with Crippen molar-refractivity contribution in [3.8, 4) is 0 Å². The van der Waals surface area contributed by atoms with E-state index in [-0.39, 0.29) is 17.8 Å². The second-order valence-electron chi connectivity index (χ2n) is 3.80. The minimum Gasteiger partial charge on any atom is -0.368 e. The van der Waals surface area contributed by atoms with E-state index < -0.39 is 0 Å². The van der Waals surface area contributed by atoms with Crippen LogP contribution in [0.1, 0.15) is 12.2 Å². The van der Waals surface area contributed by atoms with Gasteiger partial charge >= 0.3 is 0 Å². The van der Waals surface area contributed by atoms with Crippen LogP contribution in [0.4, 0.5) is 11.9 Å². The molecule has 16 heavy (non-hydrogen) atoms. The lowest BCUT2D eigenvalue weighted by atomic mass is 10.1. The highest BCUT2D eigenvalue weighted by Crippen LogP contribution is 2.23. The van der Waals surface area contributed by atoms with Crippen LogP contribution in [-0.4, -0.2) is 33.2 Å². The van der Waals surface area contributed by atoms with E-state index in [9.17, 15) is 4.79 Å². The number of carbonyl (C=O) groups is 1. The molecule has 2 N–H and O–H groups in total. The van der Waals surface area contributed by atoms with Gasteiger partial charge in [0.05, 0.1) is 0 Å². The summed E-state index contributed by atoms with van der Waals surface area (Å²) in [6.45, 7) is 2.32. The zero-order valence-electron chi connectivity index (χ0n) is 8.92. The number of thiol groups is 1. The standard InChI is InChI=1S/C9H13N5OS/c1-5-11-8(10)13-9(12-5)14-3-6(4-16)2-7(14)15/h6,16H,2-4H2,1H3,(H2,10,11,12,13). The van der Waals surface area contributed by atoms with Crippen molar-refractivity contribution in [2.75, 3.05) is 22.9 Å². The molecule has 1 aliphatic heterocycles. The fourth-order valence-corrected chi connectivity index (χ4v) is 1.95. The summed E-state index contributed by atoms with van der Waals surface area (Å²) < 4.78 is 0. The molecule has 1 aliphatic rings. The molecule has 1 unspecified atom stereocenters. The number of hydrogen-bond donors (Lipinski definition) is 2. The smallest absolute Gasteiger partial charge is 0.237 e. The molecule has 2 heterocycles. The quantitative estimate of drug-likeness (QED) is 0.712. The van der Waals surface area contributed by atoms with E-state index in [4.69, 9.17) is 5.73 Å². The van der Waals surface area contributed by atoms with E-state index in [1.807, 2.05) is 0 Å². The maximum atomic E-state index is 11.7. The average molecular weight is 239 g/mol.